The number of carboxylic acids is 1. The molecule has 1 fully saturated rings. The Morgan fingerprint density at radius 3 is 2.95 bits per heavy atom. The van der Waals surface area contributed by atoms with Gasteiger partial charge in [0.25, 0.3) is 0 Å². The number of carboxylic acid groups (broad SMARTS) is 1. The predicted molar refractivity (Wildman–Crippen MR) is 73.2 cm³/mol. The van der Waals surface area contributed by atoms with Gasteiger partial charge in [-0.3, -0.25) is 14.8 Å². The molecular formula is C14H21N3O2. The van der Waals surface area contributed by atoms with Gasteiger partial charge in [-0.05, 0) is 25.6 Å². The molecule has 2 heterocycles. The fourth-order valence-electron chi connectivity index (χ4n) is 2.65. The molecule has 0 aromatic carbocycles. The molecule has 1 aromatic heterocycles. The lowest BCUT2D eigenvalue weighted by Gasteiger charge is -2.39. The molecule has 1 unspecified atom stereocenters. The van der Waals surface area contributed by atoms with Gasteiger partial charge in [-0.25, -0.2) is 4.79 Å². The summed E-state index contributed by atoms with van der Waals surface area (Å²) in [5.41, 5.74) is 0.972. The van der Waals surface area contributed by atoms with E-state index in [0.29, 0.717) is 23.8 Å². The number of nitrogens with zero attached hydrogens (tertiary/aromatic N) is 3. The predicted octanol–water partition coefficient (Wildman–Crippen LogP) is 1.31. The largest absolute Gasteiger partial charge is 0.478 e. The first kappa shape index (κ1) is 14.0. The maximum absolute atomic E-state index is 11.2. The number of piperazine rings is 1. The van der Waals surface area contributed by atoms with Gasteiger partial charge in [0.05, 0.1) is 11.3 Å². The molecule has 0 spiro atoms. The molecule has 5 nitrogen and oxygen atoms in total. The van der Waals surface area contributed by atoms with Gasteiger partial charge >= 0.3 is 5.97 Å². The molecule has 1 N–H and O–H groups in total. The van der Waals surface area contributed by atoms with Crippen molar-refractivity contribution in [2.45, 2.75) is 26.4 Å². The molecule has 0 radical (unpaired) electrons. The molecule has 0 bridgehead atoms. The Labute approximate surface area is 113 Å². The third kappa shape index (κ3) is 3.30. The summed E-state index contributed by atoms with van der Waals surface area (Å²) in [6, 6.07) is 3.80. The van der Waals surface area contributed by atoms with Crippen molar-refractivity contribution in [3.63, 3.8) is 0 Å². The summed E-state index contributed by atoms with van der Waals surface area (Å²) in [7, 11) is 0. The van der Waals surface area contributed by atoms with Crippen molar-refractivity contribution in [3.05, 3.63) is 29.6 Å². The number of rotatable bonds is 4. The Balaban J connectivity index is 2.04. The van der Waals surface area contributed by atoms with Crippen LogP contribution in [0, 0.1) is 0 Å². The van der Waals surface area contributed by atoms with Crippen LogP contribution in [0.1, 0.15) is 29.9 Å². The van der Waals surface area contributed by atoms with Crippen LogP contribution in [0.3, 0.4) is 0 Å². The molecule has 1 atom stereocenters. The highest BCUT2D eigenvalue weighted by atomic mass is 16.4. The standard InChI is InChI=1S/C14H21N3O2/c1-3-17-8-7-16(9-11(17)2)10-13-12(14(18)19)5-4-6-15-13/h4-6,11H,3,7-10H2,1-2H3,(H,18,19). The van der Waals surface area contributed by atoms with Gasteiger partial charge < -0.3 is 5.11 Å². The van der Waals surface area contributed by atoms with E-state index in [-0.39, 0.29) is 0 Å². The summed E-state index contributed by atoms with van der Waals surface area (Å²) in [6.45, 7) is 9.03. The number of hydrogen-bond acceptors (Lipinski definition) is 4. The quantitative estimate of drug-likeness (QED) is 0.887. The molecule has 0 aliphatic carbocycles. The second kappa shape index (κ2) is 6.12. The summed E-state index contributed by atoms with van der Waals surface area (Å²) in [5, 5.41) is 9.16. The lowest BCUT2D eigenvalue weighted by atomic mass is 10.1. The molecule has 0 amide bonds. The van der Waals surface area contributed by atoms with Gasteiger partial charge in [-0.15, -0.1) is 0 Å². The SMILES string of the molecule is CCN1CCN(Cc2ncccc2C(=O)O)CC1C. The topological polar surface area (TPSA) is 56.7 Å². The van der Waals surface area contributed by atoms with E-state index in [1.54, 1.807) is 18.3 Å². The fraction of sp³-hybridized carbons (Fsp3) is 0.571. The van der Waals surface area contributed by atoms with E-state index in [0.717, 1.165) is 26.2 Å². The molecule has 19 heavy (non-hydrogen) atoms. The highest BCUT2D eigenvalue weighted by Gasteiger charge is 2.23. The molecule has 1 aliphatic heterocycles. The van der Waals surface area contributed by atoms with Crippen molar-refractivity contribution in [2.75, 3.05) is 26.2 Å². The molecule has 5 heteroatoms. The number of carbonyl (C=O) groups is 1. The van der Waals surface area contributed by atoms with Crippen molar-refractivity contribution >= 4 is 5.97 Å². The van der Waals surface area contributed by atoms with Crippen molar-refractivity contribution in [1.82, 2.24) is 14.8 Å². The Morgan fingerprint density at radius 2 is 2.32 bits per heavy atom. The minimum Gasteiger partial charge on any atom is -0.478 e. The van der Waals surface area contributed by atoms with Crippen LogP contribution in [0.5, 0.6) is 0 Å². The lowest BCUT2D eigenvalue weighted by Crippen LogP contribution is -2.51. The third-order valence-electron chi connectivity index (χ3n) is 3.75. The van der Waals surface area contributed by atoms with Crippen molar-refractivity contribution in [3.8, 4) is 0 Å². The zero-order valence-electron chi connectivity index (χ0n) is 11.5. The van der Waals surface area contributed by atoms with Gasteiger partial charge in [0.2, 0.25) is 0 Å². The molecule has 104 valence electrons. The molecule has 1 aliphatic rings. The van der Waals surface area contributed by atoms with E-state index in [1.165, 1.54) is 0 Å². The number of pyridine rings is 1. The highest BCUT2D eigenvalue weighted by molar-refractivity contribution is 5.88. The first-order valence-electron chi connectivity index (χ1n) is 6.75. The second-order valence-corrected chi connectivity index (χ2v) is 5.02. The molecule has 0 saturated carbocycles. The summed E-state index contributed by atoms with van der Waals surface area (Å²) in [5.74, 6) is -0.900. The minimum atomic E-state index is -0.900. The number of aromatic nitrogens is 1. The van der Waals surface area contributed by atoms with Crippen LogP contribution in [0.4, 0.5) is 0 Å². The molecule has 2 rings (SSSR count). The van der Waals surface area contributed by atoms with Crippen LogP contribution in [0.2, 0.25) is 0 Å². The fourth-order valence-corrected chi connectivity index (χ4v) is 2.65. The van der Waals surface area contributed by atoms with E-state index in [2.05, 4.69) is 28.6 Å². The third-order valence-corrected chi connectivity index (χ3v) is 3.75. The van der Waals surface area contributed by atoms with E-state index in [4.69, 9.17) is 5.11 Å². The Kier molecular flexibility index (Phi) is 4.50. The van der Waals surface area contributed by atoms with E-state index >= 15 is 0 Å². The highest BCUT2D eigenvalue weighted by Crippen LogP contribution is 2.14. The monoisotopic (exact) mass is 263 g/mol. The van der Waals surface area contributed by atoms with Gasteiger partial charge in [-0.2, -0.15) is 0 Å². The summed E-state index contributed by atoms with van der Waals surface area (Å²) >= 11 is 0. The van der Waals surface area contributed by atoms with E-state index in [9.17, 15) is 4.79 Å². The van der Waals surface area contributed by atoms with Crippen molar-refractivity contribution < 1.29 is 9.90 Å². The van der Waals surface area contributed by atoms with Crippen LogP contribution in [0.15, 0.2) is 18.3 Å². The minimum absolute atomic E-state index is 0.313. The summed E-state index contributed by atoms with van der Waals surface area (Å²) in [6.07, 6.45) is 1.66. The maximum Gasteiger partial charge on any atom is 0.337 e. The van der Waals surface area contributed by atoms with Gasteiger partial charge in [-0.1, -0.05) is 6.92 Å². The first-order valence-corrected chi connectivity index (χ1v) is 6.75. The van der Waals surface area contributed by atoms with Gasteiger partial charge in [0.15, 0.2) is 0 Å². The van der Waals surface area contributed by atoms with Crippen LogP contribution in [0.25, 0.3) is 0 Å². The molecule has 1 saturated heterocycles. The van der Waals surface area contributed by atoms with E-state index in [1.807, 2.05) is 0 Å². The zero-order valence-corrected chi connectivity index (χ0v) is 11.5. The van der Waals surface area contributed by atoms with E-state index < -0.39 is 5.97 Å². The lowest BCUT2D eigenvalue weighted by molar-refractivity contribution is 0.0684. The Hall–Kier alpha value is -1.46. The first-order chi connectivity index (χ1) is 9.11. The number of likely N-dealkylation sites (N-methyl/N-ethyl adjacent to an activating group) is 1. The van der Waals surface area contributed by atoms with Crippen LogP contribution in [-0.2, 0) is 6.54 Å². The normalized spacial score (nSPS) is 21.5. The van der Waals surface area contributed by atoms with Crippen molar-refractivity contribution in [1.29, 1.82) is 0 Å². The van der Waals surface area contributed by atoms with Crippen LogP contribution in [-0.4, -0.2) is 58.1 Å². The Morgan fingerprint density at radius 1 is 1.53 bits per heavy atom. The average molecular weight is 263 g/mol. The molecule has 1 aromatic rings. The van der Waals surface area contributed by atoms with Crippen molar-refractivity contribution in [2.24, 2.45) is 0 Å². The molecular weight excluding hydrogens is 242 g/mol. The second-order valence-electron chi connectivity index (χ2n) is 5.02. The smallest absolute Gasteiger partial charge is 0.337 e. The van der Waals surface area contributed by atoms with Gasteiger partial charge in [0, 0.05) is 38.4 Å². The maximum atomic E-state index is 11.2. The summed E-state index contributed by atoms with van der Waals surface area (Å²) in [4.78, 5) is 20.1. The van der Waals surface area contributed by atoms with Crippen LogP contribution >= 0.6 is 0 Å². The Bertz CT molecular complexity index is 450. The average Bonchev–Trinajstić information content (AvgIpc) is 2.39. The zero-order chi connectivity index (χ0) is 13.8. The van der Waals surface area contributed by atoms with Crippen LogP contribution < -0.4 is 0 Å². The number of hydrogen-bond donors (Lipinski definition) is 1. The van der Waals surface area contributed by atoms with Gasteiger partial charge in [0.1, 0.15) is 0 Å². The summed E-state index contributed by atoms with van der Waals surface area (Å²) < 4.78 is 0. The number of aromatic carboxylic acids is 1.